The molecule has 0 saturated carbocycles. The average molecular weight is 414 g/mol. The highest BCUT2D eigenvalue weighted by Crippen LogP contribution is 2.26. The van der Waals surface area contributed by atoms with Crippen molar-refractivity contribution in [3.8, 4) is 11.1 Å². The lowest BCUT2D eigenvalue weighted by Crippen LogP contribution is -2.37. The molecule has 0 bridgehead atoms. The number of carbonyl (C=O) groups excluding carboxylic acids is 2. The first kappa shape index (κ1) is 20.8. The summed E-state index contributed by atoms with van der Waals surface area (Å²) in [4.78, 5) is 31.6. The maximum absolute atomic E-state index is 12.9. The quantitative estimate of drug-likeness (QED) is 0.673. The largest absolute Gasteiger partial charge is 0.354 e. The Balaban J connectivity index is 1.47. The number of rotatable bonds is 6. The molecule has 1 fully saturated rings. The Morgan fingerprint density at radius 2 is 1.74 bits per heavy atom. The molecule has 4 rings (SSSR count). The van der Waals surface area contributed by atoms with Gasteiger partial charge in [0.2, 0.25) is 11.8 Å². The molecule has 0 aliphatic carbocycles. The van der Waals surface area contributed by atoms with Gasteiger partial charge < -0.3 is 10.2 Å². The van der Waals surface area contributed by atoms with Crippen molar-refractivity contribution in [3.63, 3.8) is 0 Å². The molecule has 2 heterocycles. The number of carbonyl (C=O) groups is 2. The summed E-state index contributed by atoms with van der Waals surface area (Å²) in [6.45, 7) is 1.50. The van der Waals surface area contributed by atoms with Crippen LogP contribution in [-0.4, -0.2) is 41.3 Å². The third-order valence-corrected chi connectivity index (χ3v) is 5.79. The summed E-state index contributed by atoms with van der Waals surface area (Å²) in [6, 6.07) is 22.1. The van der Waals surface area contributed by atoms with Gasteiger partial charge in [-0.3, -0.25) is 14.6 Å². The van der Waals surface area contributed by atoms with E-state index in [2.05, 4.69) is 22.4 Å². The van der Waals surface area contributed by atoms with Gasteiger partial charge in [-0.1, -0.05) is 54.6 Å². The smallest absolute Gasteiger partial charge is 0.225 e. The summed E-state index contributed by atoms with van der Waals surface area (Å²) < 4.78 is 0. The first-order valence-corrected chi connectivity index (χ1v) is 10.8. The Labute approximate surface area is 183 Å². The van der Waals surface area contributed by atoms with E-state index in [9.17, 15) is 9.59 Å². The highest BCUT2D eigenvalue weighted by molar-refractivity contribution is 5.82. The Kier molecular flexibility index (Phi) is 6.72. The number of amides is 2. The Hall–Kier alpha value is -3.47. The molecule has 5 nitrogen and oxygen atoms in total. The van der Waals surface area contributed by atoms with E-state index in [0.717, 1.165) is 22.3 Å². The third kappa shape index (κ3) is 5.37. The molecule has 1 N–H and O–H groups in total. The Morgan fingerprint density at radius 3 is 2.55 bits per heavy atom. The zero-order valence-corrected chi connectivity index (χ0v) is 17.5. The van der Waals surface area contributed by atoms with Crippen molar-refractivity contribution in [1.82, 2.24) is 15.2 Å². The van der Waals surface area contributed by atoms with E-state index in [1.807, 2.05) is 59.5 Å². The van der Waals surface area contributed by atoms with Crippen LogP contribution in [0.5, 0.6) is 0 Å². The molecule has 3 aromatic rings. The van der Waals surface area contributed by atoms with Crippen LogP contribution < -0.4 is 5.32 Å². The number of hydrogen-bond donors (Lipinski definition) is 1. The molecule has 1 atom stereocenters. The number of nitrogens with one attached hydrogen (secondary N) is 1. The SMILES string of the molecule is O=C1NCCN(C(=O)CCc2ccccc2)CC1Cc1ccccc1-c1ccncc1. The molecule has 1 unspecified atom stereocenters. The lowest BCUT2D eigenvalue weighted by Gasteiger charge is -2.24. The molecular weight excluding hydrogens is 386 g/mol. The molecule has 0 spiro atoms. The summed E-state index contributed by atoms with van der Waals surface area (Å²) >= 11 is 0. The van der Waals surface area contributed by atoms with Crippen molar-refractivity contribution in [2.45, 2.75) is 19.3 Å². The van der Waals surface area contributed by atoms with Gasteiger partial charge in [-0.05, 0) is 47.2 Å². The van der Waals surface area contributed by atoms with E-state index < -0.39 is 0 Å². The number of nitrogens with zero attached hydrogens (tertiary/aromatic N) is 2. The van der Waals surface area contributed by atoms with Crippen LogP contribution in [0.25, 0.3) is 11.1 Å². The highest BCUT2D eigenvalue weighted by atomic mass is 16.2. The van der Waals surface area contributed by atoms with E-state index in [1.54, 1.807) is 12.4 Å². The van der Waals surface area contributed by atoms with E-state index in [4.69, 9.17) is 0 Å². The zero-order valence-electron chi connectivity index (χ0n) is 17.5. The number of aryl methyl sites for hydroxylation is 1. The molecule has 2 aromatic carbocycles. The van der Waals surface area contributed by atoms with Gasteiger partial charge in [-0.2, -0.15) is 0 Å². The number of hydrogen-bond acceptors (Lipinski definition) is 3. The molecule has 1 saturated heterocycles. The zero-order chi connectivity index (χ0) is 21.5. The van der Waals surface area contributed by atoms with Gasteiger partial charge in [0.15, 0.2) is 0 Å². The van der Waals surface area contributed by atoms with Gasteiger partial charge in [0.1, 0.15) is 0 Å². The fourth-order valence-corrected chi connectivity index (χ4v) is 4.11. The van der Waals surface area contributed by atoms with Crippen LogP contribution in [0.1, 0.15) is 17.5 Å². The van der Waals surface area contributed by atoms with Crippen molar-refractivity contribution < 1.29 is 9.59 Å². The molecule has 5 heteroatoms. The maximum Gasteiger partial charge on any atom is 0.225 e. The molecular formula is C26H27N3O2. The summed E-state index contributed by atoms with van der Waals surface area (Å²) in [7, 11) is 0. The van der Waals surface area contributed by atoms with Gasteiger partial charge in [0.05, 0.1) is 5.92 Å². The second kappa shape index (κ2) is 10.0. The van der Waals surface area contributed by atoms with Crippen molar-refractivity contribution >= 4 is 11.8 Å². The topological polar surface area (TPSA) is 62.3 Å². The first-order valence-electron chi connectivity index (χ1n) is 10.8. The second-order valence-corrected chi connectivity index (χ2v) is 7.91. The van der Waals surface area contributed by atoms with Crippen LogP contribution in [0.3, 0.4) is 0 Å². The van der Waals surface area contributed by atoms with E-state index >= 15 is 0 Å². The van der Waals surface area contributed by atoms with Gasteiger partial charge in [-0.15, -0.1) is 0 Å². The normalized spacial score (nSPS) is 16.5. The van der Waals surface area contributed by atoms with Gasteiger partial charge >= 0.3 is 0 Å². The summed E-state index contributed by atoms with van der Waals surface area (Å²) in [5.41, 5.74) is 4.44. The number of benzene rings is 2. The van der Waals surface area contributed by atoms with Gasteiger partial charge in [0.25, 0.3) is 0 Å². The lowest BCUT2D eigenvalue weighted by atomic mass is 9.91. The first-order chi connectivity index (χ1) is 15.2. The predicted octanol–water partition coefficient (Wildman–Crippen LogP) is 3.50. The lowest BCUT2D eigenvalue weighted by molar-refractivity contribution is -0.132. The van der Waals surface area contributed by atoms with Gasteiger partial charge in [-0.25, -0.2) is 0 Å². The molecule has 1 aliphatic heterocycles. The molecule has 2 amide bonds. The van der Waals surface area contributed by atoms with Crippen molar-refractivity contribution in [2.24, 2.45) is 5.92 Å². The highest BCUT2D eigenvalue weighted by Gasteiger charge is 2.28. The van der Waals surface area contributed by atoms with E-state index in [1.165, 1.54) is 0 Å². The standard InChI is InChI=1S/C26H27N3O2/c30-25(11-10-20-6-2-1-3-7-20)29-17-16-28-26(31)23(19-29)18-22-8-4-5-9-24(22)21-12-14-27-15-13-21/h1-9,12-15,23H,10-11,16-19H2,(H,28,31). The van der Waals surface area contributed by atoms with Crippen LogP contribution >= 0.6 is 0 Å². The molecule has 0 radical (unpaired) electrons. The van der Waals surface area contributed by atoms with Gasteiger partial charge in [0, 0.05) is 38.4 Å². The molecule has 1 aliphatic rings. The van der Waals surface area contributed by atoms with Crippen LogP contribution in [0.4, 0.5) is 0 Å². The fraction of sp³-hybridized carbons (Fsp3) is 0.269. The second-order valence-electron chi connectivity index (χ2n) is 7.91. The van der Waals surface area contributed by atoms with Crippen molar-refractivity contribution in [2.75, 3.05) is 19.6 Å². The summed E-state index contributed by atoms with van der Waals surface area (Å²) in [5, 5.41) is 2.99. The predicted molar refractivity (Wildman–Crippen MR) is 121 cm³/mol. The average Bonchev–Trinajstić information content (AvgIpc) is 3.00. The van der Waals surface area contributed by atoms with Crippen molar-refractivity contribution in [3.05, 3.63) is 90.3 Å². The monoisotopic (exact) mass is 413 g/mol. The van der Waals surface area contributed by atoms with Crippen LogP contribution in [0, 0.1) is 5.92 Å². The fourth-order valence-electron chi connectivity index (χ4n) is 4.11. The maximum atomic E-state index is 12.9. The molecule has 31 heavy (non-hydrogen) atoms. The minimum atomic E-state index is -0.272. The Bertz CT molecular complexity index is 1020. The number of aromatic nitrogens is 1. The minimum absolute atomic E-state index is 0.0166. The summed E-state index contributed by atoms with van der Waals surface area (Å²) in [6.07, 6.45) is 5.31. The Morgan fingerprint density at radius 1 is 1.00 bits per heavy atom. The third-order valence-electron chi connectivity index (χ3n) is 5.79. The van der Waals surface area contributed by atoms with E-state index in [-0.39, 0.29) is 17.7 Å². The van der Waals surface area contributed by atoms with E-state index in [0.29, 0.717) is 38.9 Å². The summed E-state index contributed by atoms with van der Waals surface area (Å²) in [5.74, 6) is -0.151. The van der Waals surface area contributed by atoms with Crippen LogP contribution in [0.15, 0.2) is 79.1 Å². The van der Waals surface area contributed by atoms with Crippen LogP contribution in [0.2, 0.25) is 0 Å². The molecule has 1 aromatic heterocycles. The molecule has 158 valence electrons. The van der Waals surface area contributed by atoms with Crippen molar-refractivity contribution in [1.29, 1.82) is 0 Å². The minimum Gasteiger partial charge on any atom is -0.354 e. The van der Waals surface area contributed by atoms with Crippen LogP contribution in [-0.2, 0) is 22.4 Å². The number of pyridine rings is 1.